The van der Waals surface area contributed by atoms with Gasteiger partial charge in [-0.2, -0.15) is 0 Å². The Morgan fingerprint density at radius 1 is 1.08 bits per heavy atom. The summed E-state index contributed by atoms with van der Waals surface area (Å²) in [5.74, 6) is 0.733. The first-order chi connectivity index (χ1) is 17.3. The maximum atomic E-state index is 12.5. The number of esters is 1. The highest BCUT2D eigenvalue weighted by atomic mass is 16.6. The summed E-state index contributed by atoms with van der Waals surface area (Å²) in [6.07, 6.45) is 8.16. The standard InChI is InChI=1S/C27H42N4O5/c1-5-7-8-9-12-18-31-27(34)30(4)26(33)25(29-31)28-17-11-10-14-22-15-13-16-23(19-22)36-21(3)20-35-24(32)6-2/h13,15-16,19,21H,5-12,14,17-18,20H2,1-4H3,(H,28,29). The number of aromatic nitrogens is 3. The quantitative estimate of drug-likeness (QED) is 0.257. The molecule has 1 atom stereocenters. The summed E-state index contributed by atoms with van der Waals surface area (Å²) in [5.41, 5.74) is 0.378. The number of aryl methyl sites for hydroxylation is 2. The lowest BCUT2D eigenvalue weighted by Crippen LogP contribution is -2.41. The lowest BCUT2D eigenvalue weighted by Gasteiger charge is -2.15. The van der Waals surface area contributed by atoms with E-state index in [4.69, 9.17) is 9.47 Å². The van der Waals surface area contributed by atoms with Gasteiger partial charge in [0.1, 0.15) is 18.5 Å². The Morgan fingerprint density at radius 2 is 1.86 bits per heavy atom. The molecule has 0 spiro atoms. The van der Waals surface area contributed by atoms with Gasteiger partial charge in [0.2, 0.25) is 5.82 Å². The zero-order chi connectivity index (χ0) is 26.3. The normalized spacial score (nSPS) is 11.8. The summed E-state index contributed by atoms with van der Waals surface area (Å²) >= 11 is 0. The topological polar surface area (TPSA) is 104 Å². The average Bonchev–Trinajstić information content (AvgIpc) is 2.87. The third-order valence-corrected chi connectivity index (χ3v) is 5.90. The fourth-order valence-corrected chi connectivity index (χ4v) is 3.76. The van der Waals surface area contributed by atoms with Crippen LogP contribution >= 0.6 is 0 Å². The van der Waals surface area contributed by atoms with E-state index in [0.29, 0.717) is 19.5 Å². The number of hydrogen-bond acceptors (Lipinski definition) is 7. The number of carbonyl (C=O) groups excluding carboxylic acids is 1. The molecule has 9 heteroatoms. The van der Waals surface area contributed by atoms with Crippen LogP contribution in [0, 0.1) is 0 Å². The van der Waals surface area contributed by atoms with Gasteiger partial charge in [0.15, 0.2) is 0 Å². The van der Waals surface area contributed by atoms with E-state index in [1.54, 1.807) is 6.92 Å². The molecule has 1 heterocycles. The molecule has 0 aliphatic rings. The number of nitrogens with zero attached hydrogens (tertiary/aromatic N) is 3. The van der Waals surface area contributed by atoms with Gasteiger partial charge in [-0.3, -0.25) is 14.2 Å². The summed E-state index contributed by atoms with van der Waals surface area (Å²) in [4.78, 5) is 36.1. The second kappa shape index (κ2) is 15.8. The Balaban J connectivity index is 1.80. The van der Waals surface area contributed by atoms with Gasteiger partial charge in [-0.05, 0) is 50.3 Å². The van der Waals surface area contributed by atoms with E-state index in [1.807, 2.05) is 25.1 Å². The van der Waals surface area contributed by atoms with Crippen LogP contribution in [0.25, 0.3) is 0 Å². The molecule has 0 saturated heterocycles. The molecular weight excluding hydrogens is 460 g/mol. The Hall–Kier alpha value is -3.10. The van der Waals surface area contributed by atoms with Crippen LogP contribution in [0.1, 0.15) is 77.7 Å². The molecule has 0 amide bonds. The van der Waals surface area contributed by atoms with Gasteiger partial charge in [0.25, 0.3) is 5.56 Å². The van der Waals surface area contributed by atoms with Crippen molar-refractivity contribution in [1.29, 1.82) is 0 Å². The van der Waals surface area contributed by atoms with Gasteiger partial charge < -0.3 is 14.8 Å². The lowest BCUT2D eigenvalue weighted by molar-refractivity contribution is -0.145. The number of benzene rings is 1. The van der Waals surface area contributed by atoms with Crippen molar-refractivity contribution in [2.45, 2.75) is 91.2 Å². The van der Waals surface area contributed by atoms with Gasteiger partial charge in [0, 0.05) is 26.6 Å². The molecule has 2 rings (SSSR count). The van der Waals surface area contributed by atoms with Gasteiger partial charge in [-0.15, -0.1) is 5.10 Å². The van der Waals surface area contributed by atoms with Crippen LogP contribution in [0.3, 0.4) is 0 Å². The third-order valence-electron chi connectivity index (χ3n) is 5.90. The number of ether oxygens (including phenoxy) is 2. The molecule has 0 radical (unpaired) electrons. The molecule has 0 aliphatic carbocycles. The lowest BCUT2D eigenvalue weighted by atomic mass is 10.1. The molecule has 2 aromatic rings. The number of carbonyl (C=O) groups is 1. The van der Waals surface area contributed by atoms with Gasteiger partial charge >= 0.3 is 11.7 Å². The number of hydrogen-bond donors (Lipinski definition) is 1. The van der Waals surface area contributed by atoms with E-state index in [-0.39, 0.29) is 30.2 Å². The minimum absolute atomic E-state index is 0.221. The second-order valence-corrected chi connectivity index (χ2v) is 9.13. The fraction of sp³-hybridized carbons (Fsp3) is 0.630. The Morgan fingerprint density at radius 3 is 2.61 bits per heavy atom. The Labute approximate surface area is 213 Å². The zero-order valence-corrected chi connectivity index (χ0v) is 22.3. The second-order valence-electron chi connectivity index (χ2n) is 9.13. The molecule has 0 saturated carbocycles. The van der Waals surface area contributed by atoms with Crippen LogP contribution in [0.4, 0.5) is 5.82 Å². The van der Waals surface area contributed by atoms with Crippen molar-refractivity contribution in [2.75, 3.05) is 18.5 Å². The predicted octanol–water partition coefficient (Wildman–Crippen LogP) is 4.07. The molecule has 1 aromatic carbocycles. The third kappa shape index (κ3) is 9.87. The van der Waals surface area contributed by atoms with Crippen LogP contribution in [0.2, 0.25) is 0 Å². The fourth-order valence-electron chi connectivity index (χ4n) is 3.76. The smallest absolute Gasteiger partial charge is 0.347 e. The van der Waals surface area contributed by atoms with Gasteiger partial charge in [-0.25, -0.2) is 9.48 Å². The maximum Gasteiger partial charge on any atom is 0.347 e. The molecule has 1 unspecified atom stereocenters. The predicted molar refractivity (Wildman–Crippen MR) is 142 cm³/mol. The molecule has 36 heavy (non-hydrogen) atoms. The summed E-state index contributed by atoms with van der Waals surface area (Å²) in [5, 5.41) is 7.40. The first kappa shape index (κ1) is 29.1. The molecule has 1 N–H and O–H groups in total. The van der Waals surface area contributed by atoms with Crippen molar-refractivity contribution >= 4 is 11.8 Å². The highest BCUT2D eigenvalue weighted by Gasteiger charge is 2.11. The number of rotatable bonds is 17. The summed E-state index contributed by atoms with van der Waals surface area (Å²) < 4.78 is 13.5. The van der Waals surface area contributed by atoms with E-state index >= 15 is 0 Å². The molecule has 200 valence electrons. The van der Waals surface area contributed by atoms with Crippen molar-refractivity contribution in [1.82, 2.24) is 14.3 Å². The minimum Gasteiger partial charge on any atom is -0.487 e. The van der Waals surface area contributed by atoms with Crippen molar-refractivity contribution in [3.8, 4) is 5.75 Å². The van der Waals surface area contributed by atoms with Crippen LogP contribution < -0.4 is 21.3 Å². The highest BCUT2D eigenvalue weighted by Crippen LogP contribution is 2.17. The van der Waals surface area contributed by atoms with Crippen LogP contribution in [-0.2, 0) is 29.5 Å². The first-order valence-corrected chi connectivity index (χ1v) is 13.2. The molecule has 0 aliphatic heterocycles. The number of nitrogens with one attached hydrogen (secondary N) is 1. The average molecular weight is 503 g/mol. The largest absolute Gasteiger partial charge is 0.487 e. The zero-order valence-electron chi connectivity index (χ0n) is 22.3. The Kier molecular flexibility index (Phi) is 12.8. The summed E-state index contributed by atoms with van der Waals surface area (Å²) in [6.45, 7) is 7.13. The van der Waals surface area contributed by atoms with Crippen molar-refractivity contribution in [3.05, 3.63) is 50.7 Å². The maximum absolute atomic E-state index is 12.5. The van der Waals surface area contributed by atoms with E-state index in [1.165, 1.54) is 24.6 Å². The molecule has 0 fully saturated rings. The van der Waals surface area contributed by atoms with E-state index in [9.17, 15) is 14.4 Å². The number of unbranched alkanes of at least 4 members (excludes halogenated alkanes) is 5. The van der Waals surface area contributed by atoms with Crippen molar-refractivity contribution in [2.24, 2.45) is 7.05 Å². The molecule has 9 nitrogen and oxygen atoms in total. The molecule has 1 aromatic heterocycles. The van der Waals surface area contributed by atoms with Gasteiger partial charge in [0.05, 0.1) is 0 Å². The van der Waals surface area contributed by atoms with Crippen molar-refractivity contribution in [3.63, 3.8) is 0 Å². The minimum atomic E-state index is -0.397. The van der Waals surface area contributed by atoms with E-state index < -0.39 is 5.56 Å². The van der Waals surface area contributed by atoms with Crippen LogP contribution in [0.5, 0.6) is 5.75 Å². The number of anilines is 1. The van der Waals surface area contributed by atoms with E-state index in [2.05, 4.69) is 23.4 Å². The highest BCUT2D eigenvalue weighted by molar-refractivity contribution is 5.68. The summed E-state index contributed by atoms with van der Waals surface area (Å²) in [7, 11) is 1.49. The van der Waals surface area contributed by atoms with Crippen LogP contribution in [-0.4, -0.2) is 39.6 Å². The van der Waals surface area contributed by atoms with Crippen LogP contribution in [0.15, 0.2) is 33.9 Å². The summed E-state index contributed by atoms with van der Waals surface area (Å²) in [6, 6.07) is 7.89. The molecule has 0 bridgehead atoms. The van der Waals surface area contributed by atoms with E-state index in [0.717, 1.165) is 54.4 Å². The monoisotopic (exact) mass is 502 g/mol. The molecular formula is C27H42N4O5. The van der Waals surface area contributed by atoms with Crippen molar-refractivity contribution < 1.29 is 14.3 Å². The SMILES string of the molecule is CCCCCCCn1nc(NCCCCc2cccc(OC(C)COC(=O)CC)c2)c(=O)n(C)c1=O. The van der Waals surface area contributed by atoms with Gasteiger partial charge in [-0.1, -0.05) is 51.7 Å². The first-order valence-electron chi connectivity index (χ1n) is 13.2. The Bertz CT molecular complexity index is 1060.